The summed E-state index contributed by atoms with van der Waals surface area (Å²) in [6.07, 6.45) is 3.45. The van der Waals surface area contributed by atoms with Gasteiger partial charge in [0.1, 0.15) is 0 Å². The van der Waals surface area contributed by atoms with Crippen LogP contribution in [-0.4, -0.2) is 43.5 Å². The van der Waals surface area contributed by atoms with E-state index in [9.17, 15) is 4.79 Å². The van der Waals surface area contributed by atoms with Gasteiger partial charge in [0.05, 0.1) is 6.54 Å². The first-order valence-electron chi connectivity index (χ1n) is 4.92. The largest absolute Gasteiger partial charge is 0.358 e. The molecule has 0 heterocycles. The van der Waals surface area contributed by atoms with Crippen LogP contribution in [0.1, 0.15) is 19.3 Å². The number of nitrogens with two attached hydrogens (primary N) is 1. The Bertz CT molecular complexity index is 168. The second-order valence-electron chi connectivity index (χ2n) is 3.52. The minimum Gasteiger partial charge on any atom is -0.358 e. The molecule has 0 aromatic carbocycles. The van der Waals surface area contributed by atoms with E-state index in [4.69, 9.17) is 5.73 Å². The van der Waals surface area contributed by atoms with E-state index >= 15 is 0 Å². The molecule has 0 unspecified atom stereocenters. The van der Waals surface area contributed by atoms with Crippen LogP contribution in [0.5, 0.6) is 0 Å². The van der Waals surface area contributed by atoms with Crippen molar-refractivity contribution >= 4 is 5.91 Å². The van der Waals surface area contributed by atoms with Gasteiger partial charge in [-0.25, -0.2) is 0 Å². The second-order valence-corrected chi connectivity index (χ2v) is 3.52. The first-order valence-corrected chi connectivity index (χ1v) is 4.92. The first-order chi connectivity index (χ1) is 6.27. The predicted molar refractivity (Wildman–Crippen MR) is 52.3 cm³/mol. The van der Waals surface area contributed by atoms with Gasteiger partial charge >= 0.3 is 0 Å². The van der Waals surface area contributed by atoms with Crippen LogP contribution < -0.4 is 11.1 Å². The molecule has 4 nitrogen and oxygen atoms in total. The van der Waals surface area contributed by atoms with Gasteiger partial charge in [0, 0.05) is 19.6 Å². The summed E-state index contributed by atoms with van der Waals surface area (Å²) in [5, 5.41) is 2.64. The second kappa shape index (κ2) is 5.19. The molecule has 1 aliphatic rings. The number of amides is 1. The van der Waals surface area contributed by atoms with Crippen LogP contribution in [0.2, 0.25) is 0 Å². The molecule has 1 amide bonds. The van der Waals surface area contributed by atoms with Gasteiger partial charge in [0.2, 0.25) is 5.91 Å². The Morgan fingerprint density at radius 2 is 2.31 bits per heavy atom. The molecule has 0 saturated heterocycles. The Morgan fingerprint density at radius 3 is 2.77 bits per heavy atom. The number of rotatable bonds is 6. The van der Waals surface area contributed by atoms with Crippen molar-refractivity contribution in [2.45, 2.75) is 25.3 Å². The summed E-state index contributed by atoms with van der Waals surface area (Å²) in [4.78, 5) is 13.4. The van der Waals surface area contributed by atoms with Crippen molar-refractivity contribution in [1.29, 1.82) is 0 Å². The molecular weight excluding hydrogens is 166 g/mol. The van der Waals surface area contributed by atoms with Crippen molar-refractivity contribution in [3.63, 3.8) is 0 Å². The Hall–Kier alpha value is -0.610. The van der Waals surface area contributed by atoms with E-state index in [1.807, 2.05) is 0 Å². The summed E-state index contributed by atoms with van der Waals surface area (Å²) in [6.45, 7) is 2.19. The molecule has 0 aromatic rings. The maximum Gasteiger partial charge on any atom is 0.233 e. The lowest BCUT2D eigenvalue weighted by Gasteiger charge is -2.20. The van der Waals surface area contributed by atoms with Crippen LogP contribution in [0.4, 0.5) is 0 Å². The van der Waals surface area contributed by atoms with E-state index in [2.05, 4.69) is 10.2 Å². The van der Waals surface area contributed by atoms with Crippen molar-refractivity contribution < 1.29 is 4.79 Å². The molecule has 1 rings (SSSR count). The van der Waals surface area contributed by atoms with Gasteiger partial charge in [-0.1, -0.05) is 0 Å². The molecule has 0 atom stereocenters. The molecule has 13 heavy (non-hydrogen) atoms. The molecule has 0 spiro atoms. The third kappa shape index (κ3) is 3.74. The van der Waals surface area contributed by atoms with Crippen LogP contribution in [0.25, 0.3) is 0 Å². The van der Waals surface area contributed by atoms with E-state index in [0.717, 1.165) is 13.0 Å². The number of nitrogens with zero attached hydrogens (tertiary/aromatic N) is 1. The monoisotopic (exact) mass is 185 g/mol. The van der Waals surface area contributed by atoms with Crippen LogP contribution in [-0.2, 0) is 4.79 Å². The van der Waals surface area contributed by atoms with E-state index in [0.29, 0.717) is 19.1 Å². The highest BCUT2D eigenvalue weighted by atomic mass is 16.1. The zero-order valence-electron chi connectivity index (χ0n) is 8.25. The average Bonchev–Trinajstić information content (AvgIpc) is 2.94. The highest BCUT2D eigenvalue weighted by molar-refractivity contribution is 5.77. The molecule has 4 heteroatoms. The zero-order chi connectivity index (χ0) is 9.68. The van der Waals surface area contributed by atoms with E-state index in [1.54, 1.807) is 7.05 Å². The Kier molecular flexibility index (Phi) is 4.18. The summed E-state index contributed by atoms with van der Waals surface area (Å²) in [5.41, 5.74) is 5.43. The van der Waals surface area contributed by atoms with E-state index in [1.165, 1.54) is 12.8 Å². The van der Waals surface area contributed by atoms with E-state index < -0.39 is 0 Å². The summed E-state index contributed by atoms with van der Waals surface area (Å²) >= 11 is 0. The summed E-state index contributed by atoms with van der Waals surface area (Å²) in [6, 6.07) is 0.642. The molecule has 0 radical (unpaired) electrons. The van der Waals surface area contributed by atoms with Gasteiger partial charge in [-0.15, -0.1) is 0 Å². The summed E-state index contributed by atoms with van der Waals surface area (Å²) in [5.74, 6) is 0.101. The standard InChI is InChI=1S/C9H19N3O/c1-11-9(13)7-12(6-2-5-10)8-3-4-8/h8H,2-7,10H2,1H3,(H,11,13). The van der Waals surface area contributed by atoms with Crippen LogP contribution in [0.15, 0.2) is 0 Å². The Morgan fingerprint density at radius 1 is 1.62 bits per heavy atom. The molecule has 0 bridgehead atoms. The van der Waals surface area contributed by atoms with Crippen molar-refractivity contribution in [1.82, 2.24) is 10.2 Å². The normalized spacial score (nSPS) is 16.2. The molecule has 3 N–H and O–H groups in total. The van der Waals surface area contributed by atoms with Gasteiger partial charge in [0.15, 0.2) is 0 Å². The highest BCUT2D eigenvalue weighted by Gasteiger charge is 2.29. The first kappa shape index (κ1) is 10.5. The Labute approximate surface area is 79.5 Å². The molecule has 1 aliphatic carbocycles. The topological polar surface area (TPSA) is 58.4 Å². The summed E-state index contributed by atoms with van der Waals surface area (Å²) in [7, 11) is 1.68. The molecule has 76 valence electrons. The van der Waals surface area contributed by atoms with Gasteiger partial charge in [0.25, 0.3) is 0 Å². The van der Waals surface area contributed by atoms with Gasteiger partial charge in [-0.2, -0.15) is 0 Å². The number of nitrogens with one attached hydrogen (secondary N) is 1. The third-order valence-electron chi connectivity index (χ3n) is 2.34. The van der Waals surface area contributed by atoms with Gasteiger partial charge < -0.3 is 11.1 Å². The van der Waals surface area contributed by atoms with Crippen molar-refractivity contribution in [3.05, 3.63) is 0 Å². The fraction of sp³-hybridized carbons (Fsp3) is 0.889. The molecule has 1 fully saturated rings. The number of likely N-dealkylation sites (N-methyl/N-ethyl adjacent to an activating group) is 1. The molecular formula is C9H19N3O. The molecule has 1 saturated carbocycles. The quantitative estimate of drug-likeness (QED) is 0.589. The average molecular weight is 185 g/mol. The van der Waals surface area contributed by atoms with Crippen LogP contribution in [0.3, 0.4) is 0 Å². The number of hydrogen-bond donors (Lipinski definition) is 2. The van der Waals surface area contributed by atoms with Crippen molar-refractivity contribution in [2.24, 2.45) is 5.73 Å². The van der Waals surface area contributed by atoms with Crippen molar-refractivity contribution in [3.8, 4) is 0 Å². The lowest BCUT2D eigenvalue weighted by Crippen LogP contribution is -2.38. The zero-order valence-corrected chi connectivity index (χ0v) is 8.25. The van der Waals surface area contributed by atoms with Gasteiger partial charge in [-0.05, 0) is 25.8 Å². The van der Waals surface area contributed by atoms with Crippen LogP contribution >= 0.6 is 0 Å². The minimum absolute atomic E-state index is 0.101. The number of carbonyl (C=O) groups excluding carboxylic acids is 1. The fourth-order valence-electron chi connectivity index (χ4n) is 1.39. The lowest BCUT2D eigenvalue weighted by molar-refractivity contribution is -0.121. The lowest BCUT2D eigenvalue weighted by atomic mass is 10.3. The van der Waals surface area contributed by atoms with Crippen LogP contribution in [0, 0.1) is 0 Å². The maximum absolute atomic E-state index is 11.1. The smallest absolute Gasteiger partial charge is 0.233 e. The maximum atomic E-state index is 11.1. The minimum atomic E-state index is 0.101. The van der Waals surface area contributed by atoms with Crippen molar-refractivity contribution in [2.75, 3.05) is 26.7 Å². The fourth-order valence-corrected chi connectivity index (χ4v) is 1.39. The summed E-state index contributed by atoms with van der Waals surface area (Å²) < 4.78 is 0. The predicted octanol–water partition coefficient (Wildman–Crippen LogP) is -0.454. The molecule has 0 aliphatic heterocycles. The number of hydrogen-bond acceptors (Lipinski definition) is 3. The Balaban J connectivity index is 2.24. The highest BCUT2D eigenvalue weighted by Crippen LogP contribution is 2.26. The SMILES string of the molecule is CNC(=O)CN(CCCN)C1CC1. The van der Waals surface area contributed by atoms with E-state index in [-0.39, 0.29) is 5.91 Å². The van der Waals surface area contributed by atoms with Gasteiger partial charge in [-0.3, -0.25) is 9.69 Å². The molecule has 0 aromatic heterocycles. The third-order valence-corrected chi connectivity index (χ3v) is 2.34. The number of carbonyl (C=O) groups is 1.